The third kappa shape index (κ3) is 4.78. The number of hydrogen-bond donors (Lipinski definition) is 2. The smallest absolute Gasteiger partial charge is 0.771 e. The molecule has 2 aliphatic heterocycles. The Kier molecular flexibility index (Phi) is 7.41. The Bertz CT molecular complexity index is 961. The fraction of sp³-hybridized carbons (Fsp3) is 0.278. The molecule has 11 heteroatoms. The van der Waals surface area contributed by atoms with Crippen molar-refractivity contribution in [3.8, 4) is 5.75 Å². The Hall–Kier alpha value is -1.98. The van der Waals surface area contributed by atoms with Gasteiger partial charge >= 0.3 is 35.5 Å². The van der Waals surface area contributed by atoms with Crippen molar-refractivity contribution in [1.29, 1.82) is 0 Å². The molecule has 29 heavy (non-hydrogen) atoms. The number of hydrogen-bond acceptors (Lipinski definition) is 7. The predicted octanol–water partition coefficient (Wildman–Crippen LogP) is -2.31. The van der Waals surface area contributed by atoms with Crippen LogP contribution in [-0.2, 0) is 20.7 Å². The van der Waals surface area contributed by atoms with Gasteiger partial charge in [-0.2, -0.15) is 0 Å². The van der Waals surface area contributed by atoms with E-state index in [2.05, 4.69) is 5.32 Å². The van der Waals surface area contributed by atoms with Gasteiger partial charge in [0.15, 0.2) is 5.75 Å². The van der Waals surface area contributed by atoms with E-state index in [1.54, 1.807) is 19.1 Å². The minimum absolute atomic E-state index is 0. The molecule has 0 aromatic heterocycles. The molecule has 2 heterocycles. The van der Waals surface area contributed by atoms with Crippen molar-refractivity contribution in [2.75, 3.05) is 5.32 Å². The average molecular weight is 427 g/mol. The maximum absolute atomic E-state index is 13.1. The number of allylic oxidation sites excluding steroid dienone is 1. The van der Waals surface area contributed by atoms with Crippen molar-refractivity contribution in [3.63, 3.8) is 0 Å². The van der Waals surface area contributed by atoms with E-state index in [0.29, 0.717) is 11.1 Å². The second-order valence-electron chi connectivity index (χ2n) is 6.48. The molecular formula is C18H18N3NaO6S. The number of nitrogens with two attached hydrogens (primary N) is 1. The van der Waals surface area contributed by atoms with Crippen LogP contribution in [0, 0.1) is 6.92 Å². The van der Waals surface area contributed by atoms with Crippen LogP contribution in [-0.4, -0.2) is 42.9 Å². The molecule has 0 bridgehead atoms. The quantitative estimate of drug-likeness (QED) is 0.181. The van der Waals surface area contributed by atoms with Gasteiger partial charge in [-0.05, 0) is 41.6 Å². The number of esters is 1. The molecule has 0 fully saturated rings. The van der Waals surface area contributed by atoms with E-state index in [-0.39, 0.29) is 53.0 Å². The van der Waals surface area contributed by atoms with Gasteiger partial charge in [0.25, 0.3) is 5.91 Å². The summed E-state index contributed by atoms with van der Waals surface area (Å²) < 4.78 is 29.1. The number of nitrogens with zero attached hydrogens (tertiary/aromatic N) is 1. The molecule has 148 valence electrons. The Morgan fingerprint density at radius 3 is 2.69 bits per heavy atom. The first-order chi connectivity index (χ1) is 13.2. The van der Waals surface area contributed by atoms with Crippen molar-refractivity contribution < 1.29 is 57.4 Å². The van der Waals surface area contributed by atoms with Crippen LogP contribution in [0.1, 0.15) is 29.3 Å². The van der Waals surface area contributed by atoms with Crippen LogP contribution in [0.15, 0.2) is 36.1 Å². The third-order valence-corrected chi connectivity index (χ3v) is 5.32. The van der Waals surface area contributed by atoms with Crippen LogP contribution in [0.2, 0.25) is 0 Å². The molecule has 0 saturated heterocycles. The van der Waals surface area contributed by atoms with E-state index in [1.807, 2.05) is 0 Å². The molecule has 0 saturated carbocycles. The second-order valence-corrected chi connectivity index (χ2v) is 7.51. The number of rotatable bonds is 4. The number of nitrogens with one attached hydrogen (secondary N) is 1. The van der Waals surface area contributed by atoms with Crippen LogP contribution >= 0.6 is 0 Å². The molecule has 1 aromatic rings. The Morgan fingerprint density at radius 1 is 1.41 bits per heavy atom. The molecule has 3 unspecified atom stereocenters. The van der Waals surface area contributed by atoms with E-state index in [4.69, 9.17) is 10.5 Å². The number of primary amides is 1. The van der Waals surface area contributed by atoms with Crippen molar-refractivity contribution >= 4 is 34.6 Å². The van der Waals surface area contributed by atoms with Crippen LogP contribution in [0.4, 0.5) is 5.69 Å². The maximum atomic E-state index is 13.1. The van der Waals surface area contributed by atoms with Gasteiger partial charge in [0.05, 0.1) is 17.3 Å². The Balaban J connectivity index is 0.00000300. The molecule has 0 spiro atoms. The van der Waals surface area contributed by atoms with Gasteiger partial charge in [-0.25, -0.2) is 0 Å². The van der Waals surface area contributed by atoms with Crippen molar-refractivity contribution in [3.05, 3.63) is 47.2 Å². The third-order valence-electron chi connectivity index (χ3n) is 4.48. The fourth-order valence-corrected chi connectivity index (χ4v) is 3.96. The normalized spacial score (nSPS) is 21.3. The topological polar surface area (TPSA) is 142 Å². The molecule has 3 N–H and O–H groups in total. The fourth-order valence-electron chi connectivity index (χ4n) is 3.27. The van der Waals surface area contributed by atoms with Crippen molar-refractivity contribution in [2.45, 2.75) is 31.7 Å². The number of carbonyl (C=O) groups is 3. The van der Waals surface area contributed by atoms with Crippen LogP contribution in [0.25, 0.3) is 0 Å². The zero-order valence-corrected chi connectivity index (χ0v) is 18.9. The number of carbonyl (C=O) groups excluding carboxylic acids is 3. The SMILES string of the molecule is CC(=O)Oc1c(C)ccc2c1NC(S(=O)[O-])C1CC(/C=C/C(N)=O)=CN1C2=O.[Na+]. The number of amides is 2. The molecule has 1 aromatic carbocycles. The molecule has 2 aliphatic rings. The van der Waals surface area contributed by atoms with Crippen LogP contribution < -0.4 is 45.3 Å². The van der Waals surface area contributed by atoms with Gasteiger partial charge in [0.1, 0.15) is 5.37 Å². The summed E-state index contributed by atoms with van der Waals surface area (Å²) in [6.07, 6.45) is 4.30. The summed E-state index contributed by atoms with van der Waals surface area (Å²) in [6.45, 7) is 2.91. The molecular weight excluding hydrogens is 409 g/mol. The Morgan fingerprint density at radius 2 is 2.10 bits per heavy atom. The maximum Gasteiger partial charge on any atom is 1.00 e. The minimum Gasteiger partial charge on any atom is -0.771 e. The zero-order valence-electron chi connectivity index (χ0n) is 16.1. The van der Waals surface area contributed by atoms with E-state index in [9.17, 15) is 23.1 Å². The first-order valence-electron chi connectivity index (χ1n) is 8.36. The molecule has 3 rings (SSSR count). The van der Waals surface area contributed by atoms with Gasteiger partial charge in [-0.1, -0.05) is 12.1 Å². The minimum atomic E-state index is -2.60. The van der Waals surface area contributed by atoms with Gasteiger partial charge in [0, 0.05) is 19.2 Å². The second kappa shape index (κ2) is 9.23. The summed E-state index contributed by atoms with van der Waals surface area (Å²) in [5, 5.41) is 1.70. The van der Waals surface area contributed by atoms with Crippen LogP contribution in [0.5, 0.6) is 5.75 Å². The summed E-state index contributed by atoms with van der Waals surface area (Å²) in [7, 11) is 0. The number of aryl methyl sites for hydroxylation is 1. The molecule has 2 amide bonds. The van der Waals surface area contributed by atoms with E-state index in [0.717, 1.165) is 6.08 Å². The molecule has 9 nitrogen and oxygen atoms in total. The Labute approximate surface area is 191 Å². The molecule has 0 aliphatic carbocycles. The monoisotopic (exact) mass is 427 g/mol. The standard InChI is InChI=1S/C18H19N3O6S.Na/c1-9-3-5-12-15(16(9)27-10(2)22)20-17(28(25)26)13-7-11(4-6-14(19)23)8-21(13)18(12)24;/h3-6,8,13,17,20H,7H2,1-2H3,(H2,19,23)(H,25,26);/q;+1/p-1/b6-4+;. The largest absolute Gasteiger partial charge is 1.00 e. The van der Waals surface area contributed by atoms with Gasteiger partial charge in [-0.3, -0.25) is 18.6 Å². The van der Waals surface area contributed by atoms with E-state index >= 15 is 0 Å². The van der Waals surface area contributed by atoms with E-state index in [1.165, 1.54) is 24.1 Å². The van der Waals surface area contributed by atoms with Crippen LogP contribution in [0.3, 0.4) is 0 Å². The summed E-state index contributed by atoms with van der Waals surface area (Å²) in [6, 6.07) is 2.43. The number of benzene rings is 1. The molecule has 0 radical (unpaired) electrons. The first-order valence-corrected chi connectivity index (χ1v) is 9.50. The number of fused-ring (bicyclic) bond motifs is 2. The number of ether oxygens (including phenoxy) is 1. The van der Waals surface area contributed by atoms with Gasteiger partial charge in [0.2, 0.25) is 5.91 Å². The van der Waals surface area contributed by atoms with Gasteiger partial charge < -0.3 is 25.2 Å². The average Bonchev–Trinajstić information content (AvgIpc) is 2.98. The summed E-state index contributed by atoms with van der Waals surface area (Å²) in [5.74, 6) is -1.57. The summed E-state index contributed by atoms with van der Waals surface area (Å²) in [5.41, 5.74) is 6.59. The molecule has 3 atom stereocenters. The summed E-state index contributed by atoms with van der Waals surface area (Å²) in [4.78, 5) is 36.9. The zero-order chi connectivity index (χ0) is 20.6. The predicted molar refractivity (Wildman–Crippen MR) is 99.8 cm³/mol. The number of anilines is 1. The van der Waals surface area contributed by atoms with Gasteiger partial charge in [-0.15, -0.1) is 0 Å². The first kappa shape index (κ1) is 23.3. The van der Waals surface area contributed by atoms with Crippen molar-refractivity contribution in [2.24, 2.45) is 5.73 Å². The summed E-state index contributed by atoms with van der Waals surface area (Å²) >= 11 is -2.60. The van der Waals surface area contributed by atoms with Crippen molar-refractivity contribution in [1.82, 2.24) is 4.90 Å². The van der Waals surface area contributed by atoms with E-state index < -0.39 is 40.3 Å².